The number of halogens is 4. The fourth-order valence-electron chi connectivity index (χ4n) is 1.24. The molecule has 0 aliphatic heterocycles. The monoisotopic (exact) mass is 632 g/mol. The second-order valence-electron chi connectivity index (χ2n) is 2.88. The third-order valence-electron chi connectivity index (χ3n) is 1.92. The summed E-state index contributed by atoms with van der Waals surface area (Å²) in [6, 6.07) is 8.98. The quantitative estimate of drug-likeness (QED) is 0.349. The Hall–Kier alpha value is 1.62. The van der Waals surface area contributed by atoms with E-state index in [9.17, 15) is 0 Å². The molecule has 0 unspecified atom stereocenters. The number of hydrogen-bond donors (Lipinski definition) is 0. The lowest BCUT2D eigenvalue weighted by Gasteiger charge is -2.04. The molecule has 4 heteroatoms. The molecule has 72 valence electrons. The Kier molecular flexibility index (Phi) is 4.20. The van der Waals surface area contributed by atoms with Gasteiger partial charge in [-0.15, -0.1) is 0 Å². The van der Waals surface area contributed by atoms with Crippen LogP contribution in [0.5, 0.6) is 0 Å². The fourth-order valence-corrected chi connectivity index (χ4v) is 3.20. The van der Waals surface area contributed by atoms with Crippen LogP contribution < -0.4 is 0 Å². The van der Waals surface area contributed by atoms with Gasteiger partial charge in [0, 0.05) is 14.3 Å². The Morgan fingerprint density at radius 2 is 0.714 bits per heavy atom. The predicted molar refractivity (Wildman–Crippen MR) is 94.8 cm³/mol. The van der Waals surface area contributed by atoms with Crippen molar-refractivity contribution < 1.29 is 0 Å². The normalized spacial score (nSPS) is 10.9. The predicted octanol–water partition coefficient (Wildman–Crippen LogP) is 5.26. The molecular formula is C10H4I4. The molecule has 2 rings (SSSR count). The summed E-state index contributed by atoms with van der Waals surface area (Å²) in [6.07, 6.45) is 0. The maximum Gasteiger partial charge on any atom is 0.0270 e. The minimum atomic E-state index is 1.33. The first-order valence-electron chi connectivity index (χ1n) is 3.82. The molecule has 0 aliphatic carbocycles. The van der Waals surface area contributed by atoms with Gasteiger partial charge in [0.25, 0.3) is 0 Å². The third kappa shape index (κ3) is 2.47. The summed E-state index contributed by atoms with van der Waals surface area (Å²) in [6.45, 7) is 0. The highest BCUT2D eigenvalue weighted by molar-refractivity contribution is 14.1. The summed E-state index contributed by atoms with van der Waals surface area (Å²) in [5, 5.41) is 2.67. The van der Waals surface area contributed by atoms with Gasteiger partial charge in [-0.05, 0) is 125 Å². The lowest BCUT2D eigenvalue weighted by atomic mass is 10.1. The first kappa shape index (κ1) is 12.1. The van der Waals surface area contributed by atoms with Gasteiger partial charge in [0.15, 0.2) is 0 Å². The van der Waals surface area contributed by atoms with Gasteiger partial charge in [0.2, 0.25) is 0 Å². The first-order valence-corrected chi connectivity index (χ1v) is 8.13. The molecule has 0 aromatic heterocycles. The Labute approximate surface area is 137 Å². The van der Waals surface area contributed by atoms with Crippen molar-refractivity contribution in [3.05, 3.63) is 38.5 Å². The molecule has 0 spiro atoms. The van der Waals surface area contributed by atoms with Crippen LogP contribution in [0.1, 0.15) is 0 Å². The van der Waals surface area contributed by atoms with Crippen molar-refractivity contribution in [1.82, 2.24) is 0 Å². The van der Waals surface area contributed by atoms with Crippen molar-refractivity contribution in [2.45, 2.75) is 0 Å². The number of rotatable bonds is 0. The van der Waals surface area contributed by atoms with Crippen molar-refractivity contribution in [2.24, 2.45) is 0 Å². The van der Waals surface area contributed by atoms with Gasteiger partial charge in [0.05, 0.1) is 0 Å². The smallest absolute Gasteiger partial charge is 0.0270 e. The van der Waals surface area contributed by atoms with E-state index in [1.54, 1.807) is 0 Å². The van der Waals surface area contributed by atoms with Gasteiger partial charge in [-0.3, -0.25) is 0 Å². The molecule has 0 saturated heterocycles. The molecular weight excluding hydrogens is 628 g/mol. The molecule has 0 nitrogen and oxygen atoms in total. The van der Waals surface area contributed by atoms with Gasteiger partial charge in [-0.2, -0.15) is 0 Å². The van der Waals surface area contributed by atoms with Crippen LogP contribution in [-0.2, 0) is 0 Å². The van der Waals surface area contributed by atoms with E-state index in [2.05, 4.69) is 115 Å². The Bertz CT molecular complexity index is 416. The summed E-state index contributed by atoms with van der Waals surface area (Å²) in [4.78, 5) is 0. The van der Waals surface area contributed by atoms with E-state index in [0.29, 0.717) is 0 Å². The Balaban J connectivity index is 2.83. The van der Waals surface area contributed by atoms with Gasteiger partial charge >= 0.3 is 0 Å². The van der Waals surface area contributed by atoms with Crippen LogP contribution in [0.25, 0.3) is 10.8 Å². The van der Waals surface area contributed by atoms with E-state index in [0.717, 1.165) is 0 Å². The fraction of sp³-hybridized carbons (Fsp3) is 0. The largest absolute Gasteiger partial charge is 0.0431 e. The van der Waals surface area contributed by atoms with Gasteiger partial charge in [0.1, 0.15) is 0 Å². The zero-order valence-electron chi connectivity index (χ0n) is 6.82. The average molecular weight is 632 g/mol. The van der Waals surface area contributed by atoms with Gasteiger partial charge < -0.3 is 0 Å². The van der Waals surface area contributed by atoms with E-state index >= 15 is 0 Å². The summed E-state index contributed by atoms with van der Waals surface area (Å²) in [7, 11) is 0. The molecule has 0 N–H and O–H groups in total. The zero-order chi connectivity index (χ0) is 10.3. The third-order valence-corrected chi connectivity index (χ3v) is 7.55. The summed E-state index contributed by atoms with van der Waals surface area (Å²) in [5.74, 6) is 0. The van der Waals surface area contributed by atoms with Crippen LogP contribution in [0.3, 0.4) is 0 Å². The average Bonchev–Trinajstić information content (AvgIpc) is 2.11. The van der Waals surface area contributed by atoms with E-state index in [4.69, 9.17) is 0 Å². The lowest BCUT2D eigenvalue weighted by molar-refractivity contribution is 1.59. The lowest BCUT2D eigenvalue weighted by Crippen LogP contribution is -1.85. The molecule has 0 fully saturated rings. The van der Waals surface area contributed by atoms with Crippen molar-refractivity contribution in [2.75, 3.05) is 0 Å². The molecule has 14 heavy (non-hydrogen) atoms. The highest BCUT2D eigenvalue weighted by Gasteiger charge is 2.03. The Morgan fingerprint density at radius 1 is 0.500 bits per heavy atom. The number of fused-ring (bicyclic) bond motifs is 1. The zero-order valence-corrected chi connectivity index (χ0v) is 15.5. The first-order chi connectivity index (χ1) is 6.58. The maximum absolute atomic E-state index is 2.38. The van der Waals surface area contributed by atoms with E-state index in [-0.39, 0.29) is 0 Å². The van der Waals surface area contributed by atoms with E-state index < -0.39 is 0 Å². The van der Waals surface area contributed by atoms with Crippen molar-refractivity contribution >= 4 is 101 Å². The minimum Gasteiger partial charge on any atom is -0.0431 e. The second-order valence-corrected chi connectivity index (χ2v) is 7.53. The highest BCUT2D eigenvalue weighted by Crippen LogP contribution is 2.27. The van der Waals surface area contributed by atoms with Gasteiger partial charge in [-0.25, -0.2) is 0 Å². The summed E-state index contributed by atoms with van der Waals surface area (Å²) < 4.78 is 5.31. The topological polar surface area (TPSA) is 0 Å². The molecule has 0 aliphatic rings. The van der Waals surface area contributed by atoms with Crippen LogP contribution in [0, 0.1) is 14.3 Å². The SMILES string of the molecule is Ic1cc2cc(I)c(I)cc2cc1I. The van der Waals surface area contributed by atoms with Crippen LogP contribution in [0.15, 0.2) is 24.3 Å². The maximum atomic E-state index is 2.38. The van der Waals surface area contributed by atoms with Crippen molar-refractivity contribution in [3.8, 4) is 0 Å². The molecule has 2 aromatic carbocycles. The molecule has 0 radical (unpaired) electrons. The van der Waals surface area contributed by atoms with Crippen LogP contribution >= 0.6 is 90.4 Å². The standard InChI is InChI=1S/C10H4I4/c11-7-1-5-2-9(13)10(14)4-6(5)3-8(7)12/h1-4H. The van der Waals surface area contributed by atoms with Crippen LogP contribution in [0.4, 0.5) is 0 Å². The summed E-state index contributed by atoms with van der Waals surface area (Å²) in [5.41, 5.74) is 0. The molecule has 0 bridgehead atoms. The van der Waals surface area contributed by atoms with Crippen LogP contribution in [0.2, 0.25) is 0 Å². The summed E-state index contributed by atoms with van der Waals surface area (Å²) >= 11 is 9.52. The number of benzene rings is 2. The minimum absolute atomic E-state index is 1.33. The molecule has 0 amide bonds. The van der Waals surface area contributed by atoms with E-state index in [1.165, 1.54) is 25.1 Å². The van der Waals surface area contributed by atoms with Crippen molar-refractivity contribution in [3.63, 3.8) is 0 Å². The number of hydrogen-bond acceptors (Lipinski definition) is 0. The van der Waals surface area contributed by atoms with Crippen LogP contribution in [-0.4, -0.2) is 0 Å². The van der Waals surface area contributed by atoms with Gasteiger partial charge in [-0.1, -0.05) is 0 Å². The molecule has 0 heterocycles. The van der Waals surface area contributed by atoms with Crippen molar-refractivity contribution in [1.29, 1.82) is 0 Å². The molecule has 0 saturated carbocycles. The molecule has 2 aromatic rings. The highest BCUT2D eigenvalue weighted by atomic mass is 127. The Morgan fingerprint density at radius 3 is 0.929 bits per heavy atom. The second kappa shape index (κ2) is 4.86. The molecule has 0 atom stereocenters. The van der Waals surface area contributed by atoms with E-state index in [1.807, 2.05) is 0 Å².